The number of esters is 2. The van der Waals surface area contributed by atoms with Crippen molar-refractivity contribution in [2.24, 2.45) is 0 Å². The zero-order valence-corrected chi connectivity index (χ0v) is 33.1. The average Bonchev–Trinajstić information content (AvgIpc) is 3.17. The third kappa shape index (κ3) is 19.4. The van der Waals surface area contributed by atoms with Crippen molar-refractivity contribution in [3.05, 3.63) is 97.2 Å². The van der Waals surface area contributed by atoms with Crippen LogP contribution >= 0.6 is 0 Å². The van der Waals surface area contributed by atoms with E-state index in [-0.39, 0.29) is 12.8 Å². The van der Waals surface area contributed by atoms with Crippen molar-refractivity contribution in [1.29, 1.82) is 0 Å². The van der Waals surface area contributed by atoms with Gasteiger partial charge in [0.05, 0.1) is 0 Å². The lowest BCUT2D eigenvalue weighted by Crippen LogP contribution is -2.68. The van der Waals surface area contributed by atoms with E-state index in [1.165, 1.54) is 38.5 Å². The van der Waals surface area contributed by atoms with Crippen LogP contribution in [0.15, 0.2) is 97.2 Å². The third-order valence-electron chi connectivity index (χ3n) is 9.00. The molecule has 0 aliphatic carbocycles. The molecule has 2 unspecified atom stereocenters. The summed E-state index contributed by atoms with van der Waals surface area (Å²) in [6.45, 7) is 2.17. The van der Waals surface area contributed by atoms with Gasteiger partial charge in [-0.1, -0.05) is 137 Å². The molecule has 0 aromatic carbocycles. The number of unbranched alkanes of at least 4 members (excludes halogenated alkanes) is 8. The number of cyclic esters (lactones) is 2. The number of carbonyl (C=O) groups is 4. The summed E-state index contributed by atoms with van der Waals surface area (Å²) in [5.74, 6) is -4.34. The van der Waals surface area contributed by atoms with Crippen LogP contribution < -0.4 is 0 Å². The van der Waals surface area contributed by atoms with Crippen LogP contribution in [0.2, 0.25) is 0 Å². The van der Waals surface area contributed by atoms with Crippen molar-refractivity contribution in [3.8, 4) is 0 Å². The monoisotopic (exact) mass is 748 g/mol. The second kappa shape index (κ2) is 31.5. The van der Waals surface area contributed by atoms with E-state index in [1.807, 2.05) is 24.3 Å². The molecule has 1 fully saturated rings. The molecule has 0 radical (unpaired) electrons. The molecule has 0 bridgehead atoms. The highest BCUT2D eigenvalue weighted by molar-refractivity contribution is 6.17. The summed E-state index contributed by atoms with van der Waals surface area (Å²) in [7, 11) is 0. The summed E-state index contributed by atoms with van der Waals surface area (Å²) in [5, 5.41) is 20.0. The predicted molar refractivity (Wildman–Crippen MR) is 219 cm³/mol. The van der Waals surface area contributed by atoms with Gasteiger partial charge in [-0.25, -0.2) is 9.59 Å². The summed E-state index contributed by atoms with van der Waals surface area (Å²) in [6, 6.07) is 0. The van der Waals surface area contributed by atoms with E-state index < -0.39 is 47.9 Å². The van der Waals surface area contributed by atoms with Gasteiger partial charge >= 0.3 is 11.9 Å². The molecule has 1 heterocycles. The lowest BCUT2D eigenvalue weighted by molar-refractivity contribution is -0.231. The van der Waals surface area contributed by atoms with Crippen LogP contribution in [0.25, 0.3) is 0 Å². The Hall–Kier alpha value is -3.88. The lowest BCUT2D eigenvalue weighted by Gasteiger charge is -2.40. The van der Waals surface area contributed by atoms with Crippen LogP contribution in [0, 0.1) is 0 Å². The first-order chi connectivity index (χ1) is 26.3. The quantitative estimate of drug-likeness (QED) is 0.0301. The second-order valence-electron chi connectivity index (χ2n) is 13.6. The Balaban J connectivity index is 2.41. The van der Waals surface area contributed by atoms with Gasteiger partial charge in [-0.2, -0.15) is 0 Å². The second-order valence-corrected chi connectivity index (χ2v) is 13.6. The molecule has 1 aliphatic heterocycles. The van der Waals surface area contributed by atoms with Crippen molar-refractivity contribution >= 4 is 23.5 Å². The summed E-state index contributed by atoms with van der Waals surface area (Å²) >= 11 is 0. The smallest absolute Gasteiger partial charge is 0.362 e. The van der Waals surface area contributed by atoms with E-state index >= 15 is 0 Å². The topological polar surface area (TPSA) is 127 Å². The minimum Gasteiger partial charge on any atom is -0.433 e. The van der Waals surface area contributed by atoms with Crippen LogP contribution in [-0.4, -0.2) is 58.1 Å². The highest BCUT2D eigenvalue weighted by atomic mass is 16.7. The predicted octanol–water partition coefficient (Wildman–Crippen LogP) is 9.98. The summed E-state index contributed by atoms with van der Waals surface area (Å²) in [6.07, 6.45) is 50.0. The molecule has 0 amide bonds. The largest absolute Gasteiger partial charge is 0.433 e. The molecule has 1 aliphatic rings. The Kier molecular flexibility index (Phi) is 28.1. The minimum absolute atomic E-state index is 0.157. The highest BCUT2D eigenvalue weighted by Gasteiger charge is 2.64. The van der Waals surface area contributed by atoms with Crippen molar-refractivity contribution in [3.63, 3.8) is 0 Å². The van der Waals surface area contributed by atoms with Crippen molar-refractivity contribution in [2.75, 3.05) is 13.2 Å². The number of Topliss-reactive ketones (excluding diaryl/α,β-unsaturated/α-hetero) is 2. The number of ketones is 2. The number of carbonyl (C=O) groups excluding carboxylic acids is 4. The molecule has 1 rings (SSSR count). The molecule has 2 N–H and O–H groups in total. The molecule has 0 saturated carbocycles. The van der Waals surface area contributed by atoms with Gasteiger partial charge in [0.15, 0.2) is 11.6 Å². The molecule has 300 valence electrons. The zero-order chi connectivity index (χ0) is 39.6. The number of aliphatic hydroxyl groups is 2. The summed E-state index contributed by atoms with van der Waals surface area (Å²) < 4.78 is 10.4. The molecular weight excluding hydrogens is 680 g/mol. The molecule has 0 aromatic heterocycles. The van der Waals surface area contributed by atoms with Crippen LogP contribution in [0.1, 0.15) is 142 Å². The molecule has 8 heteroatoms. The van der Waals surface area contributed by atoms with Crippen LogP contribution in [-0.2, 0) is 28.7 Å². The lowest BCUT2D eigenvalue weighted by atomic mass is 9.88. The number of hydrogen-bond donors (Lipinski definition) is 2. The van der Waals surface area contributed by atoms with Gasteiger partial charge in [-0.3, -0.25) is 9.59 Å². The Morgan fingerprint density at radius 1 is 0.444 bits per heavy atom. The van der Waals surface area contributed by atoms with Crippen molar-refractivity contribution in [2.45, 2.75) is 153 Å². The fourth-order valence-corrected chi connectivity index (χ4v) is 5.56. The third-order valence-corrected chi connectivity index (χ3v) is 9.00. The van der Waals surface area contributed by atoms with Crippen LogP contribution in [0.3, 0.4) is 0 Å². The van der Waals surface area contributed by atoms with E-state index in [9.17, 15) is 29.4 Å². The molecule has 2 atom stereocenters. The number of hydrogen-bond acceptors (Lipinski definition) is 8. The average molecular weight is 749 g/mol. The normalized spacial score (nSPS) is 19.7. The molecule has 0 aromatic rings. The Morgan fingerprint density at radius 2 is 0.704 bits per heavy atom. The van der Waals surface area contributed by atoms with Crippen molar-refractivity contribution < 1.29 is 38.9 Å². The van der Waals surface area contributed by atoms with Gasteiger partial charge in [-0.15, -0.1) is 0 Å². The number of allylic oxidation sites excluding steroid dienone is 16. The minimum atomic E-state index is -2.56. The van der Waals surface area contributed by atoms with Gasteiger partial charge in [0, 0.05) is 12.8 Å². The molecular formula is C46H68O8. The van der Waals surface area contributed by atoms with Crippen molar-refractivity contribution in [1.82, 2.24) is 0 Å². The van der Waals surface area contributed by atoms with E-state index in [1.54, 1.807) is 0 Å². The van der Waals surface area contributed by atoms with Gasteiger partial charge in [0.1, 0.15) is 13.2 Å². The van der Waals surface area contributed by atoms with E-state index in [4.69, 9.17) is 9.47 Å². The summed E-state index contributed by atoms with van der Waals surface area (Å²) in [4.78, 5) is 52.1. The van der Waals surface area contributed by atoms with E-state index in [0.29, 0.717) is 25.7 Å². The maximum absolute atomic E-state index is 13.0. The molecule has 8 nitrogen and oxygen atoms in total. The summed E-state index contributed by atoms with van der Waals surface area (Å²) in [5.41, 5.74) is -5.12. The fourth-order valence-electron chi connectivity index (χ4n) is 5.56. The first-order valence-corrected chi connectivity index (χ1v) is 20.3. The van der Waals surface area contributed by atoms with E-state index in [0.717, 1.165) is 51.4 Å². The number of ether oxygens (including phenoxy) is 2. The standard InChI is InChI=1S/C46H68O8/c1-3-5-7-9-11-13-15-17-19-21-23-25-27-29-31-33-35-37-41(49)45(39-47)43(51)54-46(40-48,44(52)53-45)42(50)38-36-34-32-30-28-26-24-22-20-18-16-14-12-10-8-6-4-2/h11-14,17-20,23-26,29-32,47-48H,3-10,15-16,21-22,27-28,33-40H2,1-2H3/b13-11-,14-12-,19-17-,20-18-,25-23-,26-24-,31-29-,32-30-. The molecule has 1 saturated heterocycles. The number of rotatable bonds is 32. The maximum atomic E-state index is 13.0. The van der Waals surface area contributed by atoms with E-state index in [2.05, 4.69) is 86.8 Å². The molecule has 0 spiro atoms. The van der Waals surface area contributed by atoms with Gasteiger partial charge in [0.25, 0.3) is 11.2 Å². The SMILES string of the molecule is CCCCC/C=C\C/C=C\C/C=C\C/C=C\CCCC(=O)C1(CO)OC(=O)C(CO)(C(=O)CCC/C=C\C/C=C\C/C=C\C/C=C\CCCCC)OC1=O. The highest BCUT2D eigenvalue weighted by Crippen LogP contribution is 2.32. The zero-order valence-electron chi connectivity index (χ0n) is 33.1. The van der Waals surface area contributed by atoms with Gasteiger partial charge in [0.2, 0.25) is 0 Å². The Bertz CT molecular complexity index is 1210. The first-order valence-electron chi connectivity index (χ1n) is 20.3. The molecule has 54 heavy (non-hydrogen) atoms. The number of aliphatic hydroxyl groups excluding tert-OH is 2. The van der Waals surface area contributed by atoms with Crippen LogP contribution in [0.4, 0.5) is 0 Å². The Labute approximate surface area is 325 Å². The Morgan fingerprint density at radius 3 is 0.963 bits per heavy atom. The fraction of sp³-hybridized carbons (Fsp3) is 0.565. The first kappa shape index (κ1) is 48.1. The van der Waals surface area contributed by atoms with Gasteiger partial charge < -0.3 is 19.7 Å². The van der Waals surface area contributed by atoms with Crippen LogP contribution in [0.5, 0.6) is 0 Å². The maximum Gasteiger partial charge on any atom is 0.362 e. The van der Waals surface area contributed by atoms with Gasteiger partial charge in [-0.05, 0) is 89.9 Å².